The average Bonchev–Trinajstić information content (AvgIpc) is 2.21. The van der Waals surface area contributed by atoms with Gasteiger partial charge in [0.2, 0.25) is 0 Å². The number of anilines is 1. The quantitative estimate of drug-likeness (QED) is 0.855. The molecule has 1 amide bonds. The van der Waals surface area contributed by atoms with Crippen LogP contribution in [0.4, 0.5) is 10.5 Å². The third kappa shape index (κ3) is 4.21. The minimum Gasteiger partial charge on any atom is -0.446 e. The van der Waals surface area contributed by atoms with Gasteiger partial charge in [0, 0.05) is 10.7 Å². The average molecular weight is 228 g/mol. The predicted octanol–water partition coefficient (Wildman–Crippen LogP) is 3.69. The smallest absolute Gasteiger partial charge is 0.411 e. The van der Waals surface area contributed by atoms with Crippen molar-refractivity contribution in [2.24, 2.45) is 0 Å². The van der Waals surface area contributed by atoms with E-state index in [0.717, 1.165) is 6.42 Å². The van der Waals surface area contributed by atoms with Crippen LogP contribution >= 0.6 is 11.6 Å². The Hall–Kier alpha value is -1.22. The molecule has 0 fully saturated rings. The molecule has 1 aromatic carbocycles. The lowest BCUT2D eigenvalue weighted by atomic mass is 10.3. The van der Waals surface area contributed by atoms with Gasteiger partial charge >= 0.3 is 6.09 Å². The molecule has 0 aliphatic carbocycles. The molecule has 1 rings (SSSR count). The third-order valence-electron chi connectivity index (χ3n) is 1.97. The van der Waals surface area contributed by atoms with Crippen molar-refractivity contribution in [3.05, 3.63) is 29.3 Å². The number of ether oxygens (including phenoxy) is 1. The van der Waals surface area contributed by atoms with E-state index >= 15 is 0 Å². The Bertz CT molecular complexity index is 324. The molecular weight excluding hydrogens is 214 g/mol. The number of benzene rings is 1. The van der Waals surface area contributed by atoms with E-state index in [2.05, 4.69) is 5.32 Å². The minimum atomic E-state index is -0.438. The summed E-state index contributed by atoms with van der Waals surface area (Å²) in [6, 6.07) is 6.86. The van der Waals surface area contributed by atoms with E-state index in [1.54, 1.807) is 24.3 Å². The van der Waals surface area contributed by atoms with Crippen LogP contribution in [0.15, 0.2) is 24.3 Å². The Balaban J connectivity index is 2.48. The van der Waals surface area contributed by atoms with Crippen LogP contribution in [0.3, 0.4) is 0 Å². The third-order valence-corrected chi connectivity index (χ3v) is 2.23. The second-order valence-corrected chi connectivity index (χ2v) is 3.69. The molecule has 0 unspecified atom stereocenters. The lowest BCUT2D eigenvalue weighted by molar-refractivity contribution is 0.118. The first-order valence-corrected chi connectivity index (χ1v) is 5.22. The fourth-order valence-corrected chi connectivity index (χ4v) is 1.07. The van der Waals surface area contributed by atoms with Crippen molar-refractivity contribution >= 4 is 23.4 Å². The van der Waals surface area contributed by atoms with Gasteiger partial charge in [-0.1, -0.05) is 18.5 Å². The van der Waals surface area contributed by atoms with Gasteiger partial charge < -0.3 is 4.74 Å². The Morgan fingerprint density at radius 1 is 1.47 bits per heavy atom. The minimum absolute atomic E-state index is 0.0719. The molecule has 4 heteroatoms. The molecule has 0 radical (unpaired) electrons. The molecule has 1 atom stereocenters. The highest BCUT2D eigenvalue weighted by Gasteiger charge is 2.06. The summed E-state index contributed by atoms with van der Waals surface area (Å²) in [6.45, 7) is 3.81. The normalized spacial score (nSPS) is 11.9. The van der Waals surface area contributed by atoms with Crippen molar-refractivity contribution in [3.8, 4) is 0 Å². The summed E-state index contributed by atoms with van der Waals surface area (Å²) >= 11 is 5.71. The summed E-state index contributed by atoms with van der Waals surface area (Å²) in [7, 11) is 0. The second-order valence-electron chi connectivity index (χ2n) is 3.26. The summed E-state index contributed by atoms with van der Waals surface area (Å²) in [6.07, 6.45) is 0.289. The number of nitrogens with one attached hydrogen (secondary N) is 1. The maximum absolute atomic E-state index is 11.3. The molecule has 0 saturated carbocycles. The largest absolute Gasteiger partial charge is 0.446 e. The molecule has 1 N–H and O–H groups in total. The Kier molecular flexibility index (Phi) is 4.43. The predicted molar refractivity (Wildman–Crippen MR) is 61.3 cm³/mol. The number of rotatable bonds is 3. The topological polar surface area (TPSA) is 38.3 Å². The lowest BCUT2D eigenvalue weighted by Crippen LogP contribution is -2.19. The van der Waals surface area contributed by atoms with Crippen molar-refractivity contribution in [2.45, 2.75) is 26.4 Å². The summed E-state index contributed by atoms with van der Waals surface area (Å²) in [4.78, 5) is 11.3. The fourth-order valence-electron chi connectivity index (χ4n) is 0.947. The van der Waals surface area contributed by atoms with E-state index in [0.29, 0.717) is 10.7 Å². The van der Waals surface area contributed by atoms with Crippen LogP contribution in [-0.4, -0.2) is 12.2 Å². The van der Waals surface area contributed by atoms with Crippen LogP contribution in [0.5, 0.6) is 0 Å². The van der Waals surface area contributed by atoms with Gasteiger partial charge in [0.1, 0.15) is 6.10 Å². The van der Waals surface area contributed by atoms with Gasteiger partial charge in [0.05, 0.1) is 0 Å². The van der Waals surface area contributed by atoms with Crippen molar-refractivity contribution in [2.75, 3.05) is 5.32 Å². The fraction of sp³-hybridized carbons (Fsp3) is 0.364. The van der Waals surface area contributed by atoms with Crippen LogP contribution in [0, 0.1) is 0 Å². The maximum Gasteiger partial charge on any atom is 0.411 e. The van der Waals surface area contributed by atoms with Crippen molar-refractivity contribution in [1.29, 1.82) is 0 Å². The molecule has 15 heavy (non-hydrogen) atoms. The number of hydrogen-bond acceptors (Lipinski definition) is 2. The molecular formula is C11H14ClNO2. The molecule has 0 aliphatic rings. The molecule has 0 aromatic heterocycles. The van der Waals surface area contributed by atoms with E-state index < -0.39 is 6.09 Å². The van der Waals surface area contributed by atoms with Gasteiger partial charge in [0.25, 0.3) is 0 Å². The first kappa shape index (κ1) is 11.9. The summed E-state index contributed by atoms with van der Waals surface area (Å²) < 4.78 is 5.05. The van der Waals surface area contributed by atoms with Crippen LogP contribution < -0.4 is 5.32 Å². The van der Waals surface area contributed by atoms with Gasteiger partial charge in [0.15, 0.2) is 0 Å². The van der Waals surface area contributed by atoms with Gasteiger partial charge in [-0.15, -0.1) is 0 Å². The molecule has 0 heterocycles. The highest BCUT2D eigenvalue weighted by molar-refractivity contribution is 6.30. The molecule has 1 aromatic rings. The zero-order chi connectivity index (χ0) is 11.3. The van der Waals surface area contributed by atoms with E-state index in [1.807, 2.05) is 13.8 Å². The SMILES string of the molecule is CC[C@@H](C)OC(=O)Nc1ccc(Cl)cc1. The second kappa shape index (κ2) is 5.61. The highest BCUT2D eigenvalue weighted by atomic mass is 35.5. The molecule has 0 spiro atoms. The molecule has 3 nitrogen and oxygen atoms in total. The van der Waals surface area contributed by atoms with Crippen molar-refractivity contribution < 1.29 is 9.53 Å². The Morgan fingerprint density at radius 2 is 2.07 bits per heavy atom. The van der Waals surface area contributed by atoms with Crippen LogP contribution in [0.1, 0.15) is 20.3 Å². The zero-order valence-corrected chi connectivity index (χ0v) is 9.54. The van der Waals surface area contributed by atoms with E-state index in [-0.39, 0.29) is 6.10 Å². The standard InChI is InChI=1S/C11H14ClNO2/c1-3-8(2)15-11(14)13-10-6-4-9(12)5-7-10/h4-8H,3H2,1-2H3,(H,13,14)/t8-/m1/s1. The van der Waals surface area contributed by atoms with Crippen LogP contribution in [-0.2, 0) is 4.74 Å². The number of carbonyl (C=O) groups excluding carboxylic acids is 1. The Labute approximate surface area is 94.4 Å². The molecule has 0 saturated heterocycles. The first-order chi connectivity index (χ1) is 7.11. The number of carbonyl (C=O) groups is 1. The molecule has 0 aliphatic heterocycles. The summed E-state index contributed by atoms with van der Waals surface area (Å²) in [5.74, 6) is 0. The monoisotopic (exact) mass is 227 g/mol. The molecule has 82 valence electrons. The van der Waals surface area contributed by atoms with Gasteiger partial charge in [-0.05, 0) is 37.6 Å². The van der Waals surface area contributed by atoms with Gasteiger partial charge in [-0.25, -0.2) is 4.79 Å². The maximum atomic E-state index is 11.3. The number of halogens is 1. The van der Waals surface area contributed by atoms with E-state index in [4.69, 9.17) is 16.3 Å². The van der Waals surface area contributed by atoms with E-state index in [9.17, 15) is 4.79 Å². The highest BCUT2D eigenvalue weighted by Crippen LogP contribution is 2.13. The summed E-state index contributed by atoms with van der Waals surface area (Å²) in [5.41, 5.74) is 0.674. The molecule has 0 bridgehead atoms. The van der Waals surface area contributed by atoms with Crippen LogP contribution in [0.25, 0.3) is 0 Å². The van der Waals surface area contributed by atoms with Crippen molar-refractivity contribution in [1.82, 2.24) is 0 Å². The zero-order valence-electron chi connectivity index (χ0n) is 8.79. The number of amides is 1. The number of hydrogen-bond donors (Lipinski definition) is 1. The Morgan fingerprint density at radius 3 is 2.60 bits per heavy atom. The van der Waals surface area contributed by atoms with Crippen molar-refractivity contribution in [3.63, 3.8) is 0 Å². The van der Waals surface area contributed by atoms with Gasteiger partial charge in [-0.3, -0.25) is 5.32 Å². The lowest BCUT2D eigenvalue weighted by Gasteiger charge is -2.11. The van der Waals surface area contributed by atoms with Crippen LogP contribution in [0.2, 0.25) is 5.02 Å². The van der Waals surface area contributed by atoms with E-state index in [1.165, 1.54) is 0 Å². The van der Waals surface area contributed by atoms with Gasteiger partial charge in [-0.2, -0.15) is 0 Å². The summed E-state index contributed by atoms with van der Waals surface area (Å²) in [5, 5.41) is 3.25. The first-order valence-electron chi connectivity index (χ1n) is 4.85.